The van der Waals surface area contributed by atoms with Crippen LogP contribution in [0.2, 0.25) is 0 Å². The highest BCUT2D eigenvalue weighted by Crippen LogP contribution is 2.22. The highest BCUT2D eigenvalue weighted by molar-refractivity contribution is 7.89. The molecule has 0 saturated carbocycles. The molecule has 1 unspecified atom stereocenters. The number of hydrogen-bond acceptors (Lipinski definition) is 5. The number of carbonyl (C=O) groups is 1. The standard InChI is InChI=1S/C9H17NO5S/c1-2-15-9(12)8-4-3-5-10(8)16(13,14)7-6-11/h8,11H,2-7H2,1H3. The maximum absolute atomic E-state index is 11.7. The van der Waals surface area contributed by atoms with Crippen molar-refractivity contribution in [2.24, 2.45) is 0 Å². The third-order valence-corrected chi connectivity index (χ3v) is 4.32. The van der Waals surface area contributed by atoms with E-state index in [0.717, 1.165) is 4.31 Å². The monoisotopic (exact) mass is 251 g/mol. The van der Waals surface area contributed by atoms with E-state index in [4.69, 9.17) is 9.84 Å². The first-order valence-corrected chi connectivity index (χ1v) is 6.91. The highest BCUT2D eigenvalue weighted by Gasteiger charge is 2.38. The first-order chi connectivity index (χ1) is 7.53. The summed E-state index contributed by atoms with van der Waals surface area (Å²) in [6, 6.07) is -0.712. The van der Waals surface area contributed by atoms with Crippen LogP contribution in [0.25, 0.3) is 0 Å². The molecule has 0 radical (unpaired) electrons. The molecule has 1 heterocycles. The fourth-order valence-electron chi connectivity index (χ4n) is 1.78. The van der Waals surface area contributed by atoms with Crippen molar-refractivity contribution >= 4 is 16.0 Å². The summed E-state index contributed by atoms with van der Waals surface area (Å²) in [4.78, 5) is 11.5. The van der Waals surface area contributed by atoms with Gasteiger partial charge >= 0.3 is 5.97 Å². The van der Waals surface area contributed by atoms with Gasteiger partial charge in [-0.1, -0.05) is 0 Å². The highest BCUT2D eigenvalue weighted by atomic mass is 32.2. The lowest BCUT2D eigenvalue weighted by Crippen LogP contribution is -2.42. The first kappa shape index (κ1) is 13.4. The Balaban J connectivity index is 2.76. The third kappa shape index (κ3) is 2.93. The van der Waals surface area contributed by atoms with Gasteiger partial charge in [-0.3, -0.25) is 4.79 Å². The molecule has 1 atom stereocenters. The summed E-state index contributed by atoms with van der Waals surface area (Å²) in [5.41, 5.74) is 0. The van der Waals surface area contributed by atoms with Gasteiger partial charge in [-0.25, -0.2) is 8.42 Å². The summed E-state index contributed by atoms with van der Waals surface area (Å²) in [5, 5.41) is 8.67. The van der Waals surface area contributed by atoms with Crippen LogP contribution in [0.15, 0.2) is 0 Å². The van der Waals surface area contributed by atoms with Gasteiger partial charge in [-0.15, -0.1) is 0 Å². The van der Waals surface area contributed by atoms with Gasteiger partial charge in [0.15, 0.2) is 0 Å². The van der Waals surface area contributed by atoms with Gasteiger partial charge in [-0.05, 0) is 19.8 Å². The molecule has 1 aliphatic rings. The second-order valence-electron chi connectivity index (χ2n) is 3.56. The molecule has 1 saturated heterocycles. The van der Waals surface area contributed by atoms with Crippen LogP contribution >= 0.6 is 0 Å². The predicted octanol–water partition coefficient (Wildman–Crippen LogP) is -0.664. The minimum Gasteiger partial charge on any atom is -0.465 e. The number of esters is 1. The number of ether oxygens (including phenoxy) is 1. The molecule has 0 spiro atoms. The van der Waals surface area contributed by atoms with Crippen LogP contribution in [0.1, 0.15) is 19.8 Å². The third-order valence-electron chi connectivity index (χ3n) is 2.47. The lowest BCUT2D eigenvalue weighted by Gasteiger charge is -2.21. The summed E-state index contributed by atoms with van der Waals surface area (Å²) in [5.74, 6) is -0.843. The van der Waals surface area contributed by atoms with Crippen LogP contribution in [0.4, 0.5) is 0 Å². The van der Waals surface area contributed by atoms with Gasteiger partial charge in [-0.2, -0.15) is 4.31 Å². The Morgan fingerprint density at radius 1 is 1.56 bits per heavy atom. The van der Waals surface area contributed by atoms with E-state index in [0.29, 0.717) is 19.4 Å². The van der Waals surface area contributed by atoms with E-state index in [9.17, 15) is 13.2 Å². The summed E-state index contributed by atoms with van der Waals surface area (Å²) in [7, 11) is -3.54. The molecule has 7 heteroatoms. The molecule has 1 fully saturated rings. The van der Waals surface area contributed by atoms with Crippen molar-refractivity contribution < 1.29 is 23.1 Å². The SMILES string of the molecule is CCOC(=O)C1CCCN1S(=O)(=O)CCO. The molecule has 6 nitrogen and oxygen atoms in total. The smallest absolute Gasteiger partial charge is 0.324 e. The van der Waals surface area contributed by atoms with Crippen molar-refractivity contribution in [2.75, 3.05) is 25.5 Å². The van der Waals surface area contributed by atoms with Crippen LogP contribution < -0.4 is 0 Å². The maximum Gasteiger partial charge on any atom is 0.324 e. The van der Waals surface area contributed by atoms with E-state index in [1.807, 2.05) is 0 Å². The van der Waals surface area contributed by atoms with Gasteiger partial charge in [0.05, 0.1) is 19.0 Å². The Hall–Kier alpha value is -0.660. The Morgan fingerprint density at radius 2 is 2.25 bits per heavy atom. The summed E-state index contributed by atoms with van der Waals surface area (Å²) < 4.78 is 29.4. The second-order valence-corrected chi connectivity index (χ2v) is 5.60. The molecular weight excluding hydrogens is 234 g/mol. The number of aliphatic hydroxyl groups excluding tert-OH is 1. The molecule has 16 heavy (non-hydrogen) atoms. The average molecular weight is 251 g/mol. The van der Waals surface area contributed by atoms with Gasteiger partial charge in [0.25, 0.3) is 0 Å². The van der Waals surface area contributed by atoms with Crippen molar-refractivity contribution in [1.29, 1.82) is 0 Å². The van der Waals surface area contributed by atoms with E-state index < -0.39 is 28.6 Å². The molecule has 1 N–H and O–H groups in total. The van der Waals surface area contributed by atoms with Crippen LogP contribution in [0.5, 0.6) is 0 Å². The maximum atomic E-state index is 11.7. The molecule has 0 bridgehead atoms. The van der Waals surface area contributed by atoms with Crippen molar-refractivity contribution in [2.45, 2.75) is 25.8 Å². The van der Waals surface area contributed by atoms with Crippen LogP contribution in [0, 0.1) is 0 Å². The lowest BCUT2D eigenvalue weighted by molar-refractivity contribution is -0.146. The van der Waals surface area contributed by atoms with E-state index in [1.54, 1.807) is 6.92 Å². The minimum absolute atomic E-state index is 0.239. The zero-order valence-electron chi connectivity index (χ0n) is 9.26. The largest absolute Gasteiger partial charge is 0.465 e. The summed E-state index contributed by atoms with van der Waals surface area (Å²) in [6.07, 6.45) is 1.14. The Morgan fingerprint density at radius 3 is 2.81 bits per heavy atom. The van der Waals surface area contributed by atoms with Crippen molar-refractivity contribution in [3.8, 4) is 0 Å². The second kappa shape index (κ2) is 5.60. The molecule has 0 aromatic carbocycles. The Labute approximate surface area is 95.2 Å². The van der Waals surface area contributed by atoms with E-state index in [-0.39, 0.29) is 12.4 Å². The molecule has 1 rings (SSSR count). The van der Waals surface area contributed by atoms with Crippen LogP contribution in [0.3, 0.4) is 0 Å². The van der Waals surface area contributed by atoms with Gasteiger partial charge in [0.2, 0.25) is 10.0 Å². The Kier molecular flexibility index (Phi) is 4.69. The zero-order valence-corrected chi connectivity index (χ0v) is 10.1. The van der Waals surface area contributed by atoms with Crippen molar-refractivity contribution in [1.82, 2.24) is 4.31 Å². The zero-order chi connectivity index (χ0) is 12.2. The molecule has 0 amide bonds. The minimum atomic E-state index is -3.54. The molecule has 0 aromatic rings. The molecule has 0 aromatic heterocycles. The summed E-state index contributed by atoms with van der Waals surface area (Å²) >= 11 is 0. The molecule has 0 aliphatic carbocycles. The van der Waals surface area contributed by atoms with Crippen LogP contribution in [-0.2, 0) is 19.6 Å². The van der Waals surface area contributed by atoms with Crippen molar-refractivity contribution in [3.63, 3.8) is 0 Å². The normalized spacial score (nSPS) is 22.2. The predicted molar refractivity (Wildman–Crippen MR) is 57.2 cm³/mol. The quantitative estimate of drug-likeness (QED) is 0.655. The number of hydrogen-bond donors (Lipinski definition) is 1. The van der Waals surface area contributed by atoms with Gasteiger partial charge in [0.1, 0.15) is 6.04 Å². The average Bonchev–Trinajstić information content (AvgIpc) is 2.66. The topological polar surface area (TPSA) is 83.9 Å². The van der Waals surface area contributed by atoms with Gasteiger partial charge < -0.3 is 9.84 Å². The number of sulfonamides is 1. The van der Waals surface area contributed by atoms with Crippen LogP contribution in [-0.4, -0.2) is 55.4 Å². The fraction of sp³-hybridized carbons (Fsp3) is 0.889. The first-order valence-electron chi connectivity index (χ1n) is 5.30. The lowest BCUT2D eigenvalue weighted by atomic mass is 10.2. The number of nitrogens with zero attached hydrogens (tertiary/aromatic N) is 1. The number of rotatable bonds is 5. The molecular formula is C9H17NO5S. The van der Waals surface area contributed by atoms with E-state index in [2.05, 4.69) is 0 Å². The summed E-state index contributed by atoms with van der Waals surface area (Å²) in [6.45, 7) is 1.81. The van der Waals surface area contributed by atoms with Gasteiger partial charge in [0, 0.05) is 6.54 Å². The molecule has 94 valence electrons. The number of carbonyl (C=O) groups excluding carboxylic acids is 1. The fourth-order valence-corrected chi connectivity index (χ4v) is 3.23. The number of aliphatic hydroxyl groups is 1. The Bertz CT molecular complexity index is 340. The van der Waals surface area contributed by atoms with E-state index in [1.165, 1.54) is 0 Å². The van der Waals surface area contributed by atoms with E-state index >= 15 is 0 Å². The molecule has 1 aliphatic heterocycles. The van der Waals surface area contributed by atoms with Crippen molar-refractivity contribution in [3.05, 3.63) is 0 Å².